The number of nitrogens with two attached hydrogens (primary N) is 1. The molecule has 0 saturated carbocycles. The molecule has 0 aliphatic heterocycles. The molecule has 88 valence electrons. The Hall–Kier alpha value is -0.561. The molecule has 1 aromatic carbocycles. The summed E-state index contributed by atoms with van der Waals surface area (Å²) in [5.74, 6) is 0. The molecule has 0 atom stereocenters. The third kappa shape index (κ3) is 3.79. The Balaban J connectivity index is 2.64. The third-order valence-electron chi connectivity index (χ3n) is 3.01. The average Bonchev–Trinajstić information content (AvgIpc) is 2.31. The van der Waals surface area contributed by atoms with Crippen LogP contribution in [0.15, 0.2) is 35.3 Å². The molecular formula is C14H21NSe. The Labute approximate surface area is 105 Å². The Morgan fingerprint density at radius 3 is 2.44 bits per heavy atom. The summed E-state index contributed by atoms with van der Waals surface area (Å²) in [6.45, 7) is 6.46. The van der Waals surface area contributed by atoms with E-state index in [0.29, 0.717) is 15.0 Å². The second-order valence-corrected chi connectivity index (χ2v) is 6.11. The molecule has 0 aliphatic carbocycles. The van der Waals surface area contributed by atoms with Gasteiger partial charge in [0, 0.05) is 0 Å². The van der Waals surface area contributed by atoms with Crippen LogP contribution in [0.25, 0.3) is 0 Å². The fraction of sp³-hybridized carbons (Fsp3) is 0.429. The Kier molecular flexibility index (Phi) is 5.27. The molecule has 2 N–H and O–H groups in total. The van der Waals surface area contributed by atoms with E-state index in [1.165, 1.54) is 10.0 Å². The molecule has 0 unspecified atom stereocenters. The summed E-state index contributed by atoms with van der Waals surface area (Å²) < 4.78 is 1.45. The van der Waals surface area contributed by atoms with Gasteiger partial charge in [-0.25, -0.2) is 0 Å². The van der Waals surface area contributed by atoms with Gasteiger partial charge in [-0.15, -0.1) is 0 Å². The van der Waals surface area contributed by atoms with E-state index in [4.69, 9.17) is 5.73 Å². The molecule has 0 saturated heterocycles. The van der Waals surface area contributed by atoms with E-state index < -0.39 is 0 Å². The molecule has 0 spiro atoms. The predicted octanol–water partition coefficient (Wildman–Crippen LogP) is 2.36. The van der Waals surface area contributed by atoms with Crippen LogP contribution in [-0.2, 0) is 0 Å². The van der Waals surface area contributed by atoms with Gasteiger partial charge in [-0.05, 0) is 0 Å². The van der Waals surface area contributed by atoms with Crippen LogP contribution >= 0.6 is 0 Å². The van der Waals surface area contributed by atoms with E-state index >= 15 is 0 Å². The fourth-order valence-electron chi connectivity index (χ4n) is 1.42. The van der Waals surface area contributed by atoms with Gasteiger partial charge in [0.1, 0.15) is 0 Å². The Bertz CT molecular complexity index is 354. The minimum absolute atomic E-state index is 0.107. The van der Waals surface area contributed by atoms with Gasteiger partial charge in [0.2, 0.25) is 0 Å². The van der Waals surface area contributed by atoms with E-state index in [0.717, 1.165) is 12.8 Å². The van der Waals surface area contributed by atoms with Crippen LogP contribution in [-0.4, -0.2) is 20.5 Å². The average molecular weight is 282 g/mol. The van der Waals surface area contributed by atoms with Crippen molar-refractivity contribution in [1.82, 2.24) is 0 Å². The molecule has 0 heterocycles. The van der Waals surface area contributed by atoms with Crippen molar-refractivity contribution in [1.29, 1.82) is 0 Å². The molecule has 0 aromatic heterocycles. The SMILES string of the molecule is CCC(N)(/C=C/[Se]c1ccccc1C)CC. The number of benzene rings is 1. The number of hydrogen-bond acceptors (Lipinski definition) is 1. The van der Waals surface area contributed by atoms with E-state index in [1.807, 2.05) is 0 Å². The van der Waals surface area contributed by atoms with Crippen molar-refractivity contribution in [2.24, 2.45) is 5.73 Å². The molecule has 1 aromatic rings. The van der Waals surface area contributed by atoms with Crippen LogP contribution < -0.4 is 10.2 Å². The summed E-state index contributed by atoms with van der Waals surface area (Å²) in [5.41, 5.74) is 7.49. The quantitative estimate of drug-likeness (QED) is 0.824. The zero-order valence-corrected chi connectivity index (χ0v) is 12.1. The van der Waals surface area contributed by atoms with Gasteiger partial charge in [0.25, 0.3) is 0 Å². The molecule has 16 heavy (non-hydrogen) atoms. The van der Waals surface area contributed by atoms with E-state index in [-0.39, 0.29) is 5.54 Å². The minimum atomic E-state index is -0.107. The standard InChI is InChI=1S/C14H21NSe/c1-4-14(15,5-2)10-11-16-13-9-7-6-8-12(13)3/h6-11H,4-5,15H2,1-3H3/b11-10+. The monoisotopic (exact) mass is 283 g/mol. The maximum absolute atomic E-state index is 6.22. The summed E-state index contributed by atoms with van der Waals surface area (Å²) in [7, 11) is 0. The topological polar surface area (TPSA) is 26.0 Å². The Morgan fingerprint density at radius 1 is 1.25 bits per heavy atom. The molecule has 1 nitrogen and oxygen atoms in total. The summed E-state index contributed by atoms with van der Waals surface area (Å²) in [6, 6.07) is 8.56. The van der Waals surface area contributed by atoms with Gasteiger partial charge in [-0.3, -0.25) is 0 Å². The first kappa shape index (κ1) is 13.5. The second kappa shape index (κ2) is 6.24. The predicted molar refractivity (Wildman–Crippen MR) is 73.2 cm³/mol. The van der Waals surface area contributed by atoms with E-state index in [9.17, 15) is 0 Å². The number of rotatable bonds is 5. The molecule has 0 fully saturated rings. The number of aryl methyl sites for hydroxylation is 1. The first-order chi connectivity index (χ1) is 7.61. The van der Waals surface area contributed by atoms with E-state index in [2.05, 4.69) is 56.1 Å². The van der Waals surface area contributed by atoms with Crippen LogP contribution in [0.2, 0.25) is 0 Å². The third-order valence-corrected chi connectivity index (χ3v) is 5.07. The van der Waals surface area contributed by atoms with Gasteiger partial charge in [-0.1, -0.05) is 0 Å². The molecule has 0 aliphatic rings. The van der Waals surface area contributed by atoms with Gasteiger partial charge >= 0.3 is 105 Å². The Morgan fingerprint density at radius 2 is 1.88 bits per heavy atom. The molecular weight excluding hydrogens is 261 g/mol. The van der Waals surface area contributed by atoms with Gasteiger partial charge in [-0.2, -0.15) is 0 Å². The molecule has 1 rings (SSSR count). The molecule has 0 radical (unpaired) electrons. The van der Waals surface area contributed by atoms with Crippen LogP contribution in [0.1, 0.15) is 32.3 Å². The van der Waals surface area contributed by atoms with Gasteiger partial charge in [0.15, 0.2) is 0 Å². The summed E-state index contributed by atoms with van der Waals surface area (Å²) >= 11 is 0.403. The van der Waals surface area contributed by atoms with Crippen molar-refractivity contribution < 1.29 is 0 Å². The van der Waals surface area contributed by atoms with Crippen LogP contribution in [0.4, 0.5) is 0 Å². The van der Waals surface area contributed by atoms with Crippen molar-refractivity contribution in [3.05, 3.63) is 40.9 Å². The second-order valence-electron chi connectivity index (χ2n) is 4.13. The van der Waals surface area contributed by atoms with Crippen molar-refractivity contribution in [3.63, 3.8) is 0 Å². The van der Waals surface area contributed by atoms with Crippen molar-refractivity contribution >= 4 is 19.4 Å². The molecule has 0 bridgehead atoms. The summed E-state index contributed by atoms with van der Waals surface area (Å²) in [4.78, 5) is 2.27. The molecule has 2 heteroatoms. The number of hydrogen-bond donors (Lipinski definition) is 1. The normalized spacial score (nSPS) is 12.2. The molecule has 0 amide bonds. The first-order valence-electron chi connectivity index (χ1n) is 5.80. The fourth-order valence-corrected chi connectivity index (χ4v) is 3.30. The van der Waals surface area contributed by atoms with Crippen molar-refractivity contribution in [2.45, 2.75) is 39.2 Å². The summed E-state index contributed by atoms with van der Waals surface area (Å²) in [6.07, 6.45) is 4.20. The maximum atomic E-state index is 6.22. The first-order valence-corrected chi connectivity index (χ1v) is 7.64. The van der Waals surface area contributed by atoms with E-state index in [1.54, 1.807) is 0 Å². The zero-order valence-electron chi connectivity index (χ0n) is 10.4. The summed E-state index contributed by atoms with van der Waals surface area (Å²) in [5, 5.41) is 0. The van der Waals surface area contributed by atoms with Crippen LogP contribution in [0.5, 0.6) is 0 Å². The van der Waals surface area contributed by atoms with Crippen molar-refractivity contribution in [2.75, 3.05) is 0 Å². The van der Waals surface area contributed by atoms with Crippen molar-refractivity contribution in [3.8, 4) is 0 Å². The van der Waals surface area contributed by atoms with Crippen LogP contribution in [0.3, 0.4) is 0 Å². The van der Waals surface area contributed by atoms with Gasteiger partial charge < -0.3 is 0 Å². The van der Waals surface area contributed by atoms with Crippen LogP contribution in [0, 0.1) is 6.92 Å². The zero-order chi connectivity index (χ0) is 12.0. The van der Waals surface area contributed by atoms with Gasteiger partial charge in [0.05, 0.1) is 0 Å².